The number of piperidine rings is 1. The van der Waals surface area contributed by atoms with Gasteiger partial charge in [0.05, 0.1) is 7.11 Å². The third-order valence-corrected chi connectivity index (χ3v) is 5.31. The lowest BCUT2D eigenvalue weighted by molar-refractivity contribution is 0.373. The van der Waals surface area contributed by atoms with Gasteiger partial charge < -0.3 is 25.4 Å². The maximum atomic E-state index is 9.72. The minimum atomic E-state index is 0.159. The highest BCUT2D eigenvalue weighted by atomic mass is 16.5. The number of pyridine rings is 1. The van der Waals surface area contributed by atoms with E-state index in [1.54, 1.807) is 13.2 Å². The van der Waals surface area contributed by atoms with Gasteiger partial charge in [0.15, 0.2) is 17.5 Å². The number of anilines is 1. The zero-order chi connectivity index (χ0) is 21.3. The molecule has 0 aliphatic carbocycles. The van der Waals surface area contributed by atoms with Gasteiger partial charge in [0, 0.05) is 38.4 Å². The van der Waals surface area contributed by atoms with Gasteiger partial charge in [-0.15, -0.1) is 0 Å². The van der Waals surface area contributed by atoms with Crippen molar-refractivity contribution < 1.29 is 9.84 Å². The van der Waals surface area contributed by atoms with Gasteiger partial charge in [-0.05, 0) is 62.4 Å². The lowest BCUT2D eigenvalue weighted by atomic mass is 10.1. The van der Waals surface area contributed by atoms with Crippen molar-refractivity contribution in [2.75, 3.05) is 38.2 Å². The predicted octanol–water partition coefficient (Wildman–Crippen LogP) is 2.87. The standard InChI is InChI=1S/C23H33N5O2/c1-4-24-23(25-12-9-18-6-7-20(29)21(15-18)30-3)27-19-10-13-28(14-11-19)22-8-5-17(2)16-26-22/h5-8,15-16,19,29H,4,9-14H2,1-3H3,(H2,24,25,27). The van der Waals surface area contributed by atoms with Crippen molar-refractivity contribution in [2.24, 2.45) is 4.99 Å². The van der Waals surface area contributed by atoms with Crippen LogP contribution in [0.15, 0.2) is 41.5 Å². The Kier molecular flexibility index (Phi) is 7.76. The summed E-state index contributed by atoms with van der Waals surface area (Å²) in [5.41, 5.74) is 2.27. The first-order valence-electron chi connectivity index (χ1n) is 10.7. The van der Waals surface area contributed by atoms with Gasteiger partial charge in [-0.25, -0.2) is 4.98 Å². The van der Waals surface area contributed by atoms with Crippen LogP contribution in [0.3, 0.4) is 0 Å². The van der Waals surface area contributed by atoms with Crippen molar-refractivity contribution in [1.29, 1.82) is 0 Å². The fourth-order valence-corrected chi connectivity index (χ4v) is 3.59. The number of guanidine groups is 1. The van der Waals surface area contributed by atoms with E-state index in [4.69, 9.17) is 9.73 Å². The summed E-state index contributed by atoms with van der Waals surface area (Å²) in [6.45, 7) is 7.60. The maximum Gasteiger partial charge on any atom is 0.191 e. The molecule has 162 valence electrons. The number of methoxy groups -OCH3 is 1. The Bertz CT molecular complexity index is 830. The van der Waals surface area contributed by atoms with Gasteiger partial charge in [0.1, 0.15) is 5.82 Å². The van der Waals surface area contributed by atoms with Crippen LogP contribution in [-0.2, 0) is 6.42 Å². The number of rotatable bonds is 7. The Morgan fingerprint density at radius 2 is 2.07 bits per heavy atom. The molecule has 2 heterocycles. The average molecular weight is 412 g/mol. The first-order valence-corrected chi connectivity index (χ1v) is 10.7. The molecule has 0 unspecified atom stereocenters. The number of nitrogens with one attached hydrogen (secondary N) is 2. The first kappa shape index (κ1) is 21.7. The molecule has 1 aromatic carbocycles. The topological polar surface area (TPSA) is 82.0 Å². The summed E-state index contributed by atoms with van der Waals surface area (Å²) >= 11 is 0. The molecule has 2 aromatic rings. The fraction of sp³-hybridized carbons (Fsp3) is 0.478. The van der Waals surface area contributed by atoms with E-state index in [9.17, 15) is 5.11 Å². The summed E-state index contributed by atoms with van der Waals surface area (Å²) in [7, 11) is 1.56. The first-order chi connectivity index (χ1) is 14.6. The number of aryl methyl sites for hydroxylation is 1. The molecule has 0 amide bonds. The Labute approximate surface area is 179 Å². The van der Waals surface area contributed by atoms with E-state index in [0.29, 0.717) is 18.3 Å². The second-order valence-corrected chi connectivity index (χ2v) is 7.62. The monoisotopic (exact) mass is 411 g/mol. The van der Waals surface area contributed by atoms with Crippen LogP contribution in [0.4, 0.5) is 5.82 Å². The molecular formula is C23H33N5O2. The van der Waals surface area contributed by atoms with E-state index in [1.165, 1.54) is 5.56 Å². The SMILES string of the molecule is CCNC(=NCCc1ccc(O)c(OC)c1)NC1CCN(c2ccc(C)cn2)CC1. The predicted molar refractivity (Wildman–Crippen MR) is 122 cm³/mol. The van der Waals surface area contributed by atoms with E-state index in [2.05, 4.69) is 46.5 Å². The number of phenols is 1. The van der Waals surface area contributed by atoms with E-state index < -0.39 is 0 Å². The smallest absolute Gasteiger partial charge is 0.191 e. The Morgan fingerprint density at radius 3 is 2.73 bits per heavy atom. The molecule has 1 fully saturated rings. The Hall–Kier alpha value is -2.96. The van der Waals surface area contributed by atoms with Crippen LogP contribution >= 0.6 is 0 Å². The highest BCUT2D eigenvalue weighted by molar-refractivity contribution is 5.80. The molecular weight excluding hydrogens is 378 g/mol. The molecule has 3 rings (SSSR count). The average Bonchev–Trinajstić information content (AvgIpc) is 2.76. The van der Waals surface area contributed by atoms with Gasteiger partial charge >= 0.3 is 0 Å². The van der Waals surface area contributed by atoms with Gasteiger partial charge in [-0.1, -0.05) is 12.1 Å². The molecule has 0 saturated carbocycles. The van der Waals surface area contributed by atoms with Gasteiger partial charge in [-0.3, -0.25) is 4.99 Å². The lowest BCUT2D eigenvalue weighted by Gasteiger charge is -2.33. The number of aromatic hydroxyl groups is 1. The molecule has 1 aromatic heterocycles. The van der Waals surface area contributed by atoms with Crippen LogP contribution in [0.5, 0.6) is 11.5 Å². The fourth-order valence-electron chi connectivity index (χ4n) is 3.59. The number of hydrogen-bond acceptors (Lipinski definition) is 5. The highest BCUT2D eigenvalue weighted by Crippen LogP contribution is 2.26. The summed E-state index contributed by atoms with van der Waals surface area (Å²) in [6, 6.07) is 10.1. The number of benzene rings is 1. The van der Waals surface area contributed by atoms with E-state index in [1.807, 2.05) is 18.3 Å². The van der Waals surface area contributed by atoms with Crippen molar-refractivity contribution in [2.45, 2.75) is 39.2 Å². The summed E-state index contributed by atoms with van der Waals surface area (Å²) in [6.07, 6.45) is 4.81. The molecule has 7 heteroatoms. The number of hydrogen-bond donors (Lipinski definition) is 3. The third kappa shape index (κ3) is 6.02. The van der Waals surface area contributed by atoms with Crippen molar-refractivity contribution in [3.8, 4) is 11.5 Å². The highest BCUT2D eigenvalue weighted by Gasteiger charge is 2.20. The van der Waals surface area contributed by atoms with Crippen molar-refractivity contribution in [1.82, 2.24) is 15.6 Å². The molecule has 1 saturated heterocycles. The Balaban J connectivity index is 1.51. The number of nitrogens with zero attached hydrogens (tertiary/aromatic N) is 3. The van der Waals surface area contributed by atoms with Gasteiger partial charge in [-0.2, -0.15) is 0 Å². The van der Waals surface area contributed by atoms with Crippen molar-refractivity contribution in [3.63, 3.8) is 0 Å². The molecule has 0 atom stereocenters. The summed E-state index contributed by atoms with van der Waals surface area (Å²) in [4.78, 5) is 11.6. The summed E-state index contributed by atoms with van der Waals surface area (Å²) in [5.74, 6) is 2.57. The van der Waals surface area contributed by atoms with Crippen LogP contribution in [-0.4, -0.2) is 55.4 Å². The zero-order valence-corrected chi connectivity index (χ0v) is 18.2. The molecule has 7 nitrogen and oxygen atoms in total. The van der Waals surface area contributed by atoms with Gasteiger partial charge in [0.2, 0.25) is 0 Å². The van der Waals surface area contributed by atoms with E-state index >= 15 is 0 Å². The minimum absolute atomic E-state index is 0.159. The maximum absolute atomic E-state index is 9.72. The van der Waals surface area contributed by atoms with E-state index in [0.717, 1.165) is 56.2 Å². The molecule has 0 bridgehead atoms. The van der Waals surface area contributed by atoms with Crippen LogP contribution in [0, 0.1) is 6.92 Å². The lowest BCUT2D eigenvalue weighted by Crippen LogP contribution is -2.49. The molecule has 3 N–H and O–H groups in total. The second-order valence-electron chi connectivity index (χ2n) is 7.62. The molecule has 0 radical (unpaired) electrons. The van der Waals surface area contributed by atoms with Crippen molar-refractivity contribution >= 4 is 11.8 Å². The third-order valence-electron chi connectivity index (χ3n) is 5.31. The van der Waals surface area contributed by atoms with Gasteiger partial charge in [0.25, 0.3) is 0 Å². The summed E-state index contributed by atoms with van der Waals surface area (Å²) < 4.78 is 5.18. The van der Waals surface area contributed by atoms with Crippen LogP contribution in [0.2, 0.25) is 0 Å². The Morgan fingerprint density at radius 1 is 1.27 bits per heavy atom. The zero-order valence-electron chi connectivity index (χ0n) is 18.2. The number of phenolic OH excluding ortho intramolecular Hbond substituents is 1. The number of ether oxygens (including phenoxy) is 1. The summed E-state index contributed by atoms with van der Waals surface area (Å²) in [5, 5.41) is 16.7. The largest absolute Gasteiger partial charge is 0.504 e. The normalized spacial score (nSPS) is 15.2. The van der Waals surface area contributed by atoms with Crippen LogP contribution in [0.25, 0.3) is 0 Å². The molecule has 1 aliphatic rings. The van der Waals surface area contributed by atoms with E-state index in [-0.39, 0.29) is 5.75 Å². The number of aromatic nitrogens is 1. The van der Waals surface area contributed by atoms with Crippen LogP contribution in [0.1, 0.15) is 30.9 Å². The van der Waals surface area contributed by atoms with Crippen molar-refractivity contribution in [3.05, 3.63) is 47.7 Å². The number of aliphatic imine (C=N–C) groups is 1. The molecule has 1 aliphatic heterocycles. The minimum Gasteiger partial charge on any atom is -0.504 e. The second kappa shape index (κ2) is 10.7. The van der Waals surface area contributed by atoms with Crippen LogP contribution < -0.4 is 20.3 Å². The molecule has 0 spiro atoms. The quantitative estimate of drug-likeness (QED) is 0.480. The molecule has 30 heavy (non-hydrogen) atoms.